The summed E-state index contributed by atoms with van der Waals surface area (Å²) in [5, 5.41) is 6.77. The molecule has 2 amide bonds. The quantitative estimate of drug-likeness (QED) is 0.698. The van der Waals surface area contributed by atoms with Gasteiger partial charge in [-0.15, -0.1) is 22.7 Å². The molecule has 2 aliphatic carbocycles. The van der Waals surface area contributed by atoms with Crippen LogP contribution in [0.1, 0.15) is 58.3 Å². The highest BCUT2D eigenvalue weighted by molar-refractivity contribution is 9.11. The van der Waals surface area contributed by atoms with Gasteiger partial charge < -0.3 is 10.6 Å². The van der Waals surface area contributed by atoms with Gasteiger partial charge in [0.15, 0.2) is 3.92 Å². The smallest absolute Gasteiger partial charge is 0.254 e. The standard InChI is InChI=1S/C18H20BrN3O2S2/c1-18(6-7-18)16(24)22-15-13(11-4-2-3-5-12(11)26-15)14(23)20-8-10-9-21-17(19)25-10/h9H,2-8H2,1H3,(H,20,23)(H,22,24). The number of hydrogen-bond donors (Lipinski definition) is 2. The molecule has 0 aromatic carbocycles. The minimum Gasteiger partial charge on any atom is -0.347 e. The topological polar surface area (TPSA) is 71.1 Å². The molecular formula is C18H20BrN3O2S2. The van der Waals surface area contributed by atoms with E-state index in [1.165, 1.54) is 16.2 Å². The molecule has 0 radical (unpaired) electrons. The maximum absolute atomic E-state index is 12.9. The Morgan fingerprint density at radius 2 is 2.04 bits per heavy atom. The number of thiazole rings is 1. The third-order valence-electron chi connectivity index (χ3n) is 5.12. The lowest BCUT2D eigenvalue weighted by Gasteiger charge is -2.14. The number of aromatic nitrogens is 1. The van der Waals surface area contributed by atoms with Crippen LogP contribution in [0, 0.1) is 5.41 Å². The first-order chi connectivity index (χ1) is 12.5. The summed E-state index contributed by atoms with van der Waals surface area (Å²) in [6.07, 6.45) is 7.75. The molecule has 0 aliphatic heterocycles. The zero-order chi connectivity index (χ0) is 18.3. The summed E-state index contributed by atoms with van der Waals surface area (Å²) in [5.41, 5.74) is 1.54. The van der Waals surface area contributed by atoms with Gasteiger partial charge in [-0.25, -0.2) is 4.98 Å². The number of carbonyl (C=O) groups excluding carboxylic acids is 2. The summed E-state index contributed by atoms with van der Waals surface area (Å²) >= 11 is 6.42. The van der Waals surface area contributed by atoms with Gasteiger partial charge >= 0.3 is 0 Å². The highest BCUT2D eigenvalue weighted by Gasteiger charge is 2.45. The van der Waals surface area contributed by atoms with Gasteiger partial charge in [-0.05, 0) is 60.0 Å². The summed E-state index contributed by atoms with van der Waals surface area (Å²) in [7, 11) is 0. The molecule has 1 saturated carbocycles. The summed E-state index contributed by atoms with van der Waals surface area (Å²) in [6.45, 7) is 2.43. The number of anilines is 1. The Morgan fingerprint density at radius 3 is 2.73 bits per heavy atom. The van der Waals surface area contributed by atoms with Gasteiger partial charge in [0.25, 0.3) is 5.91 Å². The Kier molecular flexibility index (Phi) is 4.92. The molecule has 5 nitrogen and oxygen atoms in total. The van der Waals surface area contributed by atoms with E-state index in [-0.39, 0.29) is 17.2 Å². The lowest BCUT2D eigenvalue weighted by molar-refractivity contribution is -0.120. The molecule has 26 heavy (non-hydrogen) atoms. The van der Waals surface area contributed by atoms with Crippen LogP contribution in [0.2, 0.25) is 0 Å². The molecule has 4 rings (SSSR count). The minimum atomic E-state index is -0.257. The van der Waals surface area contributed by atoms with Crippen LogP contribution < -0.4 is 10.6 Å². The maximum Gasteiger partial charge on any atom is 0.254 e. The van der Waals surface area contributed by atoms with Crippen molar-refractivity contribution in [2.75, 3.05) is 5.32 Å². The van der Waals surface area contributed by atoms with Crippen molar-refractivity contribution in [3.05, 3.63) is 31.0 Å². The van der Waals surface area contributed by atoms with Crippen molar-refractivity contribution in [3.63, 3.8) is 0 Å². The lowest BCUT2D eigenvalue weighted by atomic mass is 9.95. The minimum absolute atomic E-state index is 0.0385. The largest absolute Gasteiger partial charge is 0.347 e. The number of thiophene rings is 1. The zero-order valence-electron chi connectivity index (χ0n) is 14.5. The Bertz CT molecular complexity index is 870. The predicted octanol–water partition coefficient (Wildman–Crippen LogP) is 4.51. The van der Waals surface area contributed by atoms with Crippen molar-refractivity contribution in [2.24, 2.45) is 5.41 Å². The second-order valence-electron chi connectivity index (χ2n) is 7.19. The number of amides is 2. The number of aryl methyl sites for hydroxylation is 1. The Morgan fingerprint density at radius 1 is 1.27 bits per heavy atom. The predicted molar refractivity (Wildman–Crippen MR) is 108 cm³/mol. The molecule has 1 fully saturated rings. The van der Waals surface area contributed by atoms with Gasteiger partial charge in [0, 0.05) is 21.4 Å². The van der Waals surface area contributed by atoms with E-state index in [2.05, 4.69) is 31.5 Å². The Balaban J connectivity index is 1.57. The molecule has 2 aromatic rings. The van der Waals surface area contributed by atoms with Gasteiger partial charge in [0.1, 0.15) is 5.00 Å². The molecule has 2 N–H and O–H groups in total. The number of rotatable bonds is 5. The van der Waals surface area contributed by atoms with Gasteiger partial charge in [-0.1, -0.05) is 6.92 Å². The van der Waals surface area contributed by atoms with Crippen molar-refractivity contribution in [3.8, 4) is 0 Å². The van der Waals surface area contributed by atoms with E-state index in [0.29, 0.717) is 12.1 Å². The average molecular weight is 454 g/mol. The van der Waals surface area contributed by atoms with Gasteiger partial charge in [-0.3, -0.25) is 9.59 Å². The van der Waals surface area contributed by atoms with E-state index >= 15 is 0 Å². The number of nitrogens with zero attached hydrogens (tertiary/aromatic N) is 1. The van der Waals surface area contributed by atoms with Crippen LogP contribution in [-0.4, -0.2) is 16.8 Å². The Hall–Kier alpha value is -1.25. The molecule has 0 unspecified atom stereocenters. The first-order valence-corrected chi connectivity index (χ1v) is 11.2. The summed E-state index contributed by atoms with van der Waals surface area (Å²) in [6, 6.07) is 0. The van der Waals surface area contributed by atoms with Gasteiger partial charge in [-0.2, -0.15) is 0 Å². The average Bonchev–Trinajstić information content (AvgIpc) is 3.08. The van der Waals surface area contributed by atoms with E-state index in [1.807, 2.05) is 6.92 Å². The van der Waals surface area contributed by atoms with Crippen LogP contribution in [0.25, 0.3) is 0 Å². The molecule has 0 bridgehead atoms. The molecule has 8 heteroatoms. The highest BCUT2D eigenvalue weighted by Crippen LogP contribution is 2.47. The van der Waals surface area contributed by atoms with Crippen molar-refractivity contribution < 1.29 is 9.59 Å². The monoisotopic (exact) mass is 453 g/mol. The van der Waals surface area contributed by atoms with E-state index < -0.39 is 0 Å². The van der Waals surface area contributed by atoms with E-state index in [9.17, 15) is 9.59 Å². The van der Waals surface area contributed by atoms with Crippen LogP contribution in [-0.2, 0) is 24.2 Å². The van der Waals surface area contributed by atoms with Crippen LogP contribution in [0.4, 0.5) is 5.00 Å². The molecule has 2 heterocycles. The van der Waals surface area contributed by atoms with Crippen LogP contribution in [0.5, 0.6) is 0 Å². The van der Waals surface area contributed by atoms with Crippen molar-refractivity contribution in [1.29, 1.82) is 0 Å². The summed E-state index contributed by atoms with van der Waals surface area (Å²) < 4.78 is 0.806. The molecule has 2 aliphatic rings. The fourth-order valence-electron chi connectivity index (χ4n) is 3.18. The van der Waals surface area contributed by atoms with Gasteiger partial charge in [0.05, 0.1) is 12.1 Å². The summed E-state index contributed by atoms with van der Waals surface area (Å²) in [5.74, 6) is -0.0679. The first-order valence-electron chi connectivity index (χ1n) is 8.81. The fraction of sp³-hybridized carbons (Fsp3) is 0.500. The molecule has 2 aromatic heterocycles. The van der Waals surface area contributed by atoms with Crippen molar-refractivity contribution in [2.45, 2.75) is 52.0 Å². The number of carbonyl (C=O) groups is 2. The van der Waals surface area contributed by atoms with E-state index in [4.69, 9.17) is 0 Å². The first kappa shape index (κ1) is 18.1. The molecular weight excluding hydrogens is 434 g/mol. The summed E-state index contributed by atoms with van der Waals surface area (Å²) in [4.78, 5) is 31.8. The van der Waals surface area contributed by atoms with E-state index in [1.54, 1.807) is 17.5 Å². The lowest BCUT2D eigenvalue weighted by Crippen LogP contribution is -2.26. The maximum atomic E-state index is 12.9. The fourth-order valence-corrected chi connectivity index (χ4v) is 5.76. The van der Waals surface area contributed by atoms with Crippen LogP contribution in [0.15, 0.2) is 10.1 Å². The van der Waals surface area contributed by atoms with Crippen LogP contribution in [0.3, 0.4) is 0 Å². The third-order valence-corrected chi connectivity index (χ3v) is 7.81. The third kappa shape index (κ3) is 3.59. The number of nitrogens with one attached hydrogen (secondary N) is 2. The van der Waals surface area contributed by atoms with Crippen molar-refractivity contribution >= 4 is 55.4 Å². The Labute approximate surface area is 168 Å². The van der Waals surface area contributed by atoms with Crippen molar-refractivity contribution in [1.82, 2.24) is 10.3 Å². The molecule has 0 saturated heterocycles. The van der Waals surface area contributed by atoms with Gasteiger partial charge in [0.2, 0.25) is 5.91 Å². The second kappa shape index (κ2) is 7.05. The SMILES string of the molecule is CC1(C(=O)Nc2sc3c(c2C(=O)NCc2cnc(Br)s2)CCCC3)CC1. The van der Waals surface area contributed by atoms with E-state index in [0.717, 1.165) is 57.9 Å². The highest BCUT2D eigenvalue weighted by atomic mass is 79.9. The number of fused-ring (bicyclic) bond motifs is 1. The molecule has 0 spiro atoms. The molecule has 0 atom stereocenters. The number of halogens is 1. The number of hydrogen-bond acceptors (Lipinski definition) is 5. The normalized spacial score (nSPS) is 17.5. The molecule has 138 valence electrons. The second-order valence-corrected chi connectivity index (χ2v) is 10.7. The van der Waals surface area contributed by atoms with Crippen LogP contribution >= 0.6 is 38.6 Å². The zero-order valence-corrected chi connectivity index (χ0v) is 17.7.